The first-order valence-electron chi connectivity index (χ1n) is 5.80. The standard InChI is InChI=1S/C13H19F2NO/c1-3-13(2,4-5-17)16-9-10-6-11(14)8-12(15)7-10/h6-8,16-17H,3-5,9H2,1-2H3. The van der Waals surface area contributed by atoms with Gasteiger partial charge in [0, 0.05) is 24.8 Å². The number of halogens is 2. The minimum absolute atomic E-state index is 0.0921. The molecule has 0 radical (unpaired) electrons. The molecule has 0 heterocycles. The lowest BCUT2D eigenvalue weighted by molar-refractivity contribution is 0.214. The average Bonchev–Trinajstić information content (AvgIpc) is 2.26. The van der Waals surface area contributed by atoms with Crippen molar-refractivity contribution in [3.8, 4) is 0 Å². The van der Waals surface area contributed by atoms with Crippen LogP contribution in [0.15, 0.2) is 18.2 Å². The normalized spacial score (nSPS) is 14.6. The van der Waals surface area contributed by atoms with Crippen molar-refractivity contribution in [1.29, 1.82) is 0 Å². The Morgan fingerprint density at radius 3 is 2.29 bits per heavy atom. The van der Waals surface area contributed by atoms with Gasteiger partial charge in [0.25, 0.3) is 0 Å². The highest BCUT2D eigenvalue weighted by Crippen LogP contribution is 2.15. The Balaban J connectivity index is 2.65. The summed E-state index contributed by atoms with van der Waals surface area (Å²) in [5, 5.41) is 12.2. The lowest BCUT2D eigenvalue weighted by Gasteiger charge is -2.29. The van der Waals surface area contributed by atoms with Gasteiger partial charge in [0.1, 0.15) is 11.6 Å². The van der Waals surface area contributed by atoms with E-state index in [0.717, 1.165) is 12.5 Å². The van der Waals surface area contributed by atoms with E-state index >= 15 is 0 Å². The Morgan fingerprint density at radius 2 is 1.82 bits per heavy atom. The third-order valence-corrected chi connectivity index (χ3v) is 3.09. The molecular weight excluding hydrogens is 224 g/mol. The minimum Gasteiger partial charge on any atom is -0.396 e. The van der Waals surface area contributed by atoms with Gasteiger partial charge in [-0.2, -0.15) is 0 Å². The van der Waals surface area contributed by atoms with Gasteiger partial charge in [0.2, 0.25) is 0 Å². The highest BCUT2D eigenvalue weighted by Gasteiger charge is 2.20. The predicted octanol–water partition coefficient (Wildman–Crippen LogP) is 2.61. The molecule has 0 aromatic heterocycles. The van der Waals surface area contributed by atoms with Crippen LogP contribution in [0.4, 0.5) is 8.78 Å². The van der Waals surface area contributed by atoms with Crippen LogP contribution in [0.2, 0.25) is 0 Å². The number of hydrogen-bond donors (Lipinski definition) is 2. The van der Waals surface area contributed by atoms with Crippen molar-refractivity contribution in [2.24, 2.45) is 0 Å². The topological polar surface area (TPSA) is 32.3 Å². The minimum atomic E-state index is -0.567. The van der Waals surface area contributed by atoms with Crippen molar-refractivity contribution in [3.05, 3.63) is 35.4 Å². The number of rotatable bonds is 6. The Morgan fingerprint density at radius 1 is 1.24 bits per heavy atom. The van der Waals surface area contributed by atoms with Gasteiger partial charge in [-0.25, -0.2) is 8.78 Å². The SMILES string of the molecule is CCC(C)(CCO)NCc1cc(F)cc(F)c1. The van der Waals surface area contributed by atoms with Crippen molar-refractivity contribution in [2.75, 3.05) is 6.61 Å². The van der Waals surface area contributed by atoms with E-state index in [2.05, 4.69) is 5.32 Å². The van der Waals surface area contributed by atoms with E-state index in [0.29, 0.717) is 18.5 Å². The van der Waals surface area contributed by atoms with Crippen molar-refractivity contribution < 1.29 is 13.9 Å². The summed E-state index contributed by atoms with van der Waals surface area (Å²) in [5.41, 5.74) is 0.359. The lowest BCUT2D eigenvalue weighted by atomic mass is 9.94. The highest BCUT2D eigenvalue weighted by molar-refractivity contribution is 5.17. The van der Waals surface area contributed by atoms with E-state index in [-0.39, 0.29) is 12.1 Å². The molecule has 0 saturated carbocycles. The van der Waals surface area contributed by atoms with Crippen molar-refractivity contribution >= 4 is 0 Å². The van der Waals surface area contributed by atoms with Crippen LogP contribution in [0.5, 0.6) is 0 Å². The maximum Gasteiger partial charge on any atom is 0.126 e. The molecule has 17 heavy (non-hydrogen) atoms. The summed E-state index contributed by atoms with van der Waals surface area (Å²) in [4.78, 5) is 0. The molecule has 1 aromatic carbocycles. The van der Waals surface area contributed by atoms with Gasteiger partial charge in [-0.1, -0.05) is 6.92 Å². The molecule has 1 rings (SSSR count). The lowest BCUT2D eigenvalue weighted by Crippen LogP contribution is -2.42. The molecule has 2 nitrogen and oxygen atoms in total. The van der Waals surface area contributed by atoms with E-state index in [1.807, 2.05) is 13.8 Å². The van der Waals surface area contributed by atoms with Gasteiger partial charge in [0.05, 0.1) is 0 Å². The summed E-state index contributed by atoms with van der Waals surface area (Å²) in [6.07, 6.45) is 1.45. The highest BCUT2D eigenvalue weighted by atomic mass is 19.1. The first kappa shape index (κ1) is 14.1. The van der Waals surface area contributed by atoms with Crippen LogP contribution < -0.4 is 5.32 Å². The average molecular weight is 243 g/mol. The van der Waals surface area contributed by atoms with Crippen molar-refractivity contribution in [1.82, 2.24) is 5.32 Å². The van der Waals surface area contributed by atoms with Gasteiger partial charge in [-0.05, 0) is 37.5 Å². The molecule has 0 aliphatic rings. The zero-order valence-electron chi connectivity index (χ0n) is 10.3. The summed E-state index contributed by atoms with van der Waals surface area (Å²) in [6, 6.07) is 3.48. The number of aliphatic hydroxyl groups is 1. The van der Waals surface area contributed by atoms with Gasteiger partial charge in [-0.3, -0.25) is 0 Å². The number of hydrogen-bond acceptors (Lipinski definition) is 2. The molecule has 1 atom stereocenters. The van der Waals surface area contributed by atoms with Gasteiger partial charge < -0.3 is 10.4 Å². The third kappa shape index (κ3) is 4.40. The van der Waals surface area contributed by atoms with Crippen LogP contribution in [0.1, 0.15) is 32.3 Å². The summed E-state index contributed by atoms with van der Waals surface area (Å²) in [6.45, 7) is 4.47. The molecule has 0 saturated heterocycles. The van der Waals surface area contributed by atoms with Crippen molar-refractivity contribution in [3.63, 3.8) is 0 Å². The van der Waals surface area contributed by atoms with E-state index in [9.17, 15) is 8.78 Å². The molecule has 1 unspecified atom stereocenters. The molecule has 0 spiro atoms. The van der Waals surface area contributed by atoms with Crippen LogP contribution in [0.3, 0.4) is 0 Å². The molecule has 1 aromatic rings. The molecule has 0 bridgehead atoms. The summed E-state index contributed by atoms with van der Waals surface area (Å²) < 4.78 is 25.9. The molecular formula is C13H19F2NO. The molecule has 2 N–H and O–H groups in total. The van der Waals surface area contributed by atoms with Gasteiger partial charge in [-0.15, -0.1) is 0 Å². The zero-order chi connectivity index (χ0) is 12.9. The first-order valence-corrected chi connectivity index (χ1v) is 5.80. The Bertz CT molecular complexity index is 350. The fraction of sp³-hybridized carbons (Fsp3) is 0.538. The molecule has 0 fully saturated rings. The molecule has 0 aliphatic carbocycles. The molecule has 4 heteroatoms. The fourth-order valence-corrected chi connectivity index (χ4v) is 1.67. The molecule has 0 amide bonds. The quantitative estimate of drug-likeness (QED) is 0.805. The number of benzene rings is 1. The maximum atomic E-state index is 13.0. The summed E-state index contributed by atoms with van der Waals surface area (Å²) >= 11 is 0. The van der Waals surface area contributed by atoms with E-state index in [1.165, 1.54) is 12.1 Å². The van der Waals surface area contributed by atoms with Crippen LogP contribution in [0.25, 0.3) is 0 Å². The number of nitrogens with one attached hydrogen (secondary N) is 1. The largest absolute Gasteiger partial charge is 0.396 e. The molecule has 0 aliphatic heterocycles. The van der Waals surface area contributed by atoms with Crippen LogP contribution >= 0.6 is 0 Å². The predicted molar refractivity (Wildman–Crippen MR) is 63.6 cm³/mol. The molecule has 96 valence electrons. The second-order valence-electron chi connectivity index (χ2n) is 4.52. The summed E-state index contributed by atoms with van der Waals surface area (Å²) in [5.74, 6) is -1.13. The van der Waals surface area contributed by atoms with Gasteiger partial charge >= 0.3 is 0 Å². The first-order chi connectivity index (χ1) is 7.99. The number of aliphatic hydroxyl groups excluding tert-OH is 1. The monoisotopic (exact) mass is 243 g/mol. The van der Waals surface area contributed by atoms with E-state index < -0.39 is 11.6 Å². The summed E-state index contributed by atoms with van der Waals surface area (Å²) in [7, 11) is 0. The Hall–Kier alpha value is -1.00. The van der Waals surface area contributed by atoms with Crippen LogP contribution in [-0.4, -0.2) is 17.3 Å². The Kier molecular flexibility index (Phi) is 5.02. The van der Waals surface area contributed by atoms with Crippen LogP contribution in [0, 0.1) is 11.6 Å². The Labute approximate surface area is 101 Å². The van der Waals surface area contributed by atoms with Crippen molar-refractivity contribution in [2.45, 2.75) is 38.8 Å². The van der Waals surface area contributed by atoms with E-state index in [1.54, 1.807) is 0 Å². The third-order valence-electron chi connectivity index (χ3n) is 3.09. The van der Waals surface area contributed by atoms with E-state index in [4.69, 9.17) is 5.11 Å². The maximum absolute atomic E-state index is 13.0. The smallest absolute Gasteiger partial charge is 0.126 e. The van der Waals surface area contributed by atoms with Crippen LogP contribution in [-0.2, 0) is 6.54 Å². The fourth-order valence-electron chi connectivity index (χ4n) is 1.67. The second kappa shape index (κ2) is 6.07. The second-order valence-corrected chi connectivity index (χ2v) is 4.52. The zero-order valence-corrected chi connectivity index (χ0v) is 10.3. The van der Waals surface area contributed by atoms with Gasteiger partial charge in [0.15, 0.2) is 0 Å².